The summed E-state index contributed by atoms with van der Waals surface area (Å²) in [4.78, 5) is 10.5. The van der Waals surface area contributed by atoms with Gasteiger partial charge in [0.25, 0.3) is 0 Å². The lowest BCUT2D eigenvalue weighted by molar-refractivity contribution is -0.135. The van der Waals surface area contributed by atoms with E-state index in [9.17, 15) is 4.79 Å². The molecule has 0 rings (SSSR count). The molecule has 3 heteroatoms. The molecule has 0 aromatic rings. The van der Waals surface area contributed by atoms with Gasteiger partial charge >= 0.3 is 5.97 Å². The molecule has 0 atom stereocenters. The number of allylic oxidation sites excluding steroid dienone is 1. The number of unbranched alkanes of at least 4 members (excludes halogenated alkanes) is 3. The van der Waals surface area contributed by atoms with Gasteiger partial charge in [-0.1, -0.05) is 31.8 Å². The average molecular weight is 278 g/mol. The molecule has 0 spiro atoms. The van der Waals surface area contributed by atoms with Gasteiger partial charge in [0.1, 0.15) is 14.3 Å². The van der Waals surface area contributed by atoms with E-state index in [1.165, 1.54) is 26.0 Å². The van der Waals surface area contributed by atoms with Crippen LogP contribution in [0.3, 0.4) is 0 Å². The second kappa shape index (κ2) is 9.66. The Morgan fingerprint density at radius 1 is 1.16 bits per heavy atom. The predicted octanol–water partition coefficient (Wildman–Crippen LogP) is 4.44. The van der Waals surface area contributed by atoms with Gasteiger partial charge in [0.05, 0.1) is 0 Å². The summed E-state index contributed by atoms with van der Waals surface area (Å²) in [7, 11) is -1.19. The largest absolute Gasteiger partial charge is 0.426 e. The Morgan fingerprint density at radius 2 is 1.84 bits per heavy atom. The van der Waals surface area contributed by atoms with E-state index in [2.05, 4.69) is 36.8 Å². The fourth-order valence-corrected chi connectivity index (χ4v) is 2.05. The van der Waals surface area contributed by atoms with E-state index in [1.807, 2.05) is 6.92 Å². The first-order valence-corrected chi connectivity index (χ1v) is 10.4. The highest BCUT2D eigenvalue weighted by molar-refractivity contribution is 6.83. The zero-order chi connectivity index (χ0) is 14.7. The maximum atomic E-state index is 10.5. The SMILES string of the molecule is CC(=O)OC=C=C(C)CCCCCC#C[Si](C)(C)C. The fraction of sp³-hybridized carbons (Fsp3) is 0.625. The van der Waals surface area contributed by atoms with Crippen LogP contribution in [0.25, 0.3) is 0 Å². The van der Waals surface area contributed by atoms with Crippen molar-refractivity contribution in [2.24, 2.45) is 0 Å². The number of carbonyl (C=O) groups is 1. The number of hydrogen-bond donors (Lipinski definition) is 0. The van der Waals surface area contributed by atoms with E-state index in [4.69, 9.17) is 4.74 Å². The average Bonchev–Trinajstić information content (AvgIpc) is 2.25. The van der Waals surface area contributed by atoms with Gasteiger partial charge < -0.3 is 4.74 Å². The zero-order valence-electron chi connectivity index (χ0n) is 12.9. The summed E-state index contributed by atoms with van der Waals surface area (Å²) in [6.45, 7) is 10.2. The molecule has 0 saturated carbocycles. The normalized spacial score (nSPS) is 9.95. The number of rotatable bonds is 6. The molecule has 19 heavy (non-hydrogen) atoms. The molecule has 0 aliphatic carbocycles. The lowest BCUT2D eigenvalue weighted by Gasteiger charge is -2.03. The number of ether oxygens (including phenoxy) is 1. The third-order valence-corrected chi connectivity index (χ3v) is 3.27. The zero-order valence-corrected chi connectivity index (χ0v) is 13.9. The standard InChI is InChI=1S/C16H26O2Si/c1-15(12-13-18-16(2)17)11-9-7-6-8-10-14-19(3,4)5/h13H,6-9,11H2,1-5H3. The Morgan fingerprint density at radius 3 is 2.42 bits per heavy atom. The van der Waals surface area contributed by atoms with Gasteiger partial charge in [-0.25, -0.2) is 0 Å². The lowest BCUT2D eigenvalue weighted by atomic mass is 10.1. The van der Waals surface area contributed by atoms with Crippen LogP contribution in [0.1, 0.15) is 46.0 Å². The van der Waals surface area contributed by atoms with Gasteiger partial charge in [0.2, 0.25) is 0 Å². The Kier molecular flexibility index (Phi) is 9.04. The minimum Gasteiger partial charge on any atom is -0.426 e. The molecule has 0 N–H and O–H groups in total. The lowest BCUT2D eigenvalue weighted by Crippen LogP contribution is -2.16. The summed E-state index contributed by atoms with van der Waals surface area (Å²) >= 11 is 0. The van der Waals surface area contributed by atoms with E-state index >= 15 is 0 Å². The van der Waals surface area contributed by atoms with Crippen LogP contribution in [0.15, 0.2) is 17.6 Å². The quantitative estimate of drug-likeness (QED) is 0.179. The summed E-state index contributed by atoms with van der Waals surface area (Å²) in [6.07, 6.45) is 6.85. The number of carbonyl (C=O) groups excluding carboxylic acids is 1. The van der Waals surface area contributed by atoms with E-state index in [0.717, 1.165) is 24.8 Å². The minimum atomic E-state index is -1.19. The first kappa shape index (κ1) is 17.8. The maximum absolute atomic E-state index is 10.5. The van der Waals surface area contributed by atoms with Crippen molar-refractivity contribution in [3.05, 3.63) is 17.6 Å². The van der Waals surface area contributed by atoms with Gasteiger partial charge in [-0.2, -0.15) is 0 Å². The van der Waals surface area contributed by atoms with Crippen LogP contribution in [-0.2, 0) is 9.53 Å². The van der Waals surface area contributed by atoms with Crippen molar-refractivity contribution >= 4 is 14.0 Å². The molecule has 0 bridgehead atoms. The maximum Gasteiger partial charge on any atom is 0.308 e. The second-order valence-corrected chi connectivity index (χ2v) is 10.5. The molecule has 0 aliphatic heterocycles. The van der Waals surface area contributed by atoms with Crippen LogP contribution in [0.2, 0.25) is 19.6 Å². The molecular formula is C16H26O2Si. The second-order valence-electron chi connectivity index (χ2n) is 5.76. The molecule has 2 nitrogen and oxygen atoms in total. The molecule has 0 saturated heterocycles. The third-order valence-electron chi connectivity index (χ3n) is 2.35. The summed E-state index contributed by atoms with van der Waals surface area (Å²) in [6, 6.07) is 0. The van der Waals surface area contributed by atoms with Crippen LogP contribution in [-0.4, -0.2) is 14.0 Å². The molecule has 0 unspecified atom stereocenters. The summed E-state index contributed by atoms with van der Waals surface area (Å²) in [5, 5.41) is 0. The van der Waals surface area contributed by atoms with Crippen LogP contribution < -0.4 is 0 Å². The van der Waals surface area contributed by atoms with Crippen molar-refractivity contribution in [2.45, 2.75) is 65.6 Å². The van der Waals surface area contributed by atoms with Gasteiger partial charge in [-0.15, -0.1) is 11.5 Å². The fourth-order valence-electron chi connectivity index (χ4n) is 1.39. The van der Waals surface area contributed by atoms with E-state index in [1.54, 1.807) is 0 Å². The smallest absolute Gasteiger partial charge is 0.308 e. The summed E-state index contributed by atoms with van der Waals surface area (Å²) in [5.74, 6) is 2.98. The van der Waals surface area contributed by atoms with Gasteiger partial charge in [0, 0.05) is 13.3 Å². The molecular weight excluding hydrogens is 252 g/mol. The molecule has 0 aromatic heterocycles. The first-order valence-electron chi connectivity index (χ1n) is 6.89. The molecule has 0 aliphatic rings. The third kappa shape index (κ3) is 14.7. The topological polar surface area (TPSA) is 26.3 Å². The van der Waals surface area contributed by atoms with Gasteiger partial charge in [-0.05, 0) is 31.8 Å². The van der Waals surface area contributed by atoms with E-state index in [-0.39, 0.29) is 5.97 Å². The highest BCUT2D eigenvalue weighted by atomic mass is 28.3. The molecule has 0 radical (unpaired) electrons. The monoisotopic (exact) mass is 278 g/mol. The minimum absolute atomic E-state index is 0.304. The summed E-state index contributed by atoms with van der Waals surface area (Å²) in [5.41, 5.74) is 7.46. The van der Waals surface area contributed by atoms with Crippen molar-refractivity contribution in [3.8, 4) is 11.5 Å². The molecule has 0 amide bonds. The Hall–Kier alpha value is -1.23. The van der Waals surface area contributed by atoms with Crippen molar-refractivity contribution < 1.29 is 9.53 Å². The molecule has 0 aromatic carbocycles. The van der Waals surface area contributed by atoms with E-state index in [0.29, 0.717) is 0 Å². The first-order chi connectivity index (χ1) is 8.81. The highest BCUT2D eigenvalue weighted by Crippen LogP contribution is 2.08. The summed E-state index contributed by atoms with van der Waals surface area (Å²) < 4.78 is 4.69. The van der Waals surface area contributed by atoms with Crippen molar-refractivity contribution in [1.29, 1.82) is 0 Å². The number of esters is 1. The van der Waals surface area contributed by atoms with Gasteiger partial charge in [0.15, 0.2) is 0 Å². The Bertz CT molecular complexity index is 399. The van der Waals surface area contributed by atoms with Gasteiger partial charge in [-0.3, -0.25) is 4.79 Å². The Balaban J connectivity index is 3.72. The highest BCUT2D eigenvalue weighted by Gasteiger charge is 2.06. The molecule has 0 fully saturated rings. The van der Waals surface area contributed by atoms with Crippen molar-refractivity contribution in [1.82, 2.24) is 0 Å². The van der Waals surface area contributed by atoms with Crippen LogP contribution in [0.4, 0.5) is 0 Å². The number of hydrogen-bond acceptors (Lipinski definition) is 2. The van der Waals surface area contributed by atoms with Crippen LogP contribution in [0, 0.1) is 11.5 Å². The van der Waals surface area contributed by atoms with E-state index < -0.39 is 8.07 Å². The van der Waals surface area contributed by atoms with Crippen LogP contribution >= 0.6 is 0 Å². The van der Waals surface area contributed by atoms with Crippen molar-refractivity contribution in [2.75, 3.05) is 0 Å². The Labute approximate surface area is 118 Å². The molecule has 0 heterocycles. The molecule has 106 valence electrons. The predicted molar refractivity (Wildman–Crippen MR) is 83.2 cm³/mol. The van der Waals surface area contributed by atoms with Crippen LogP contribution in [0.5, 0.6) is 0 Å². The van der Waals surface area contributed by atoms with Crippen molar-refractivity contribution in [3.63, 3.8) is 0 Å².